The molecule has 1 aliphatic heterocycles. The first-order valence-corrected chi connectivity index (χ1v) is 12.2. The molecule has 2 atom stereocenters. The summed E-state index contributed by atoms with van der Waals surface area (Å²) in [6.07, 6.45) is 2.35. The summed E-state index contributed by atoms with van der Waals surface area (Å²) in [7, 11) is 0. The maximum atomic E-state index is 13.2. The molecule has 2 aromatic rings. The van der Waals surface area contributed by atoms with Gasteiger partial charge in [-0.05, 0) is 75.8 Å². The maximum absolute atomic E-state index is 13.2. The molecule has 0 spiro atoms. The molecule has 2 N–H and O–H groups in total. The van der Waals surface area contributed by atoms with E-state index in [4.69, 9.17) is 9.47 Å². The van der Waals surface area contributed by atoms with Crippen LogP contribution in [0.5, 0.6) is 5.75 Å². The Labute approximate surface area is 216 Å². The number of pyridine rings is 1. The van der Waals surface area contributed by atoms with Gasteiger partial charge in [-0.15, -0.1) is 0 Å². The van der Waals surface area contributed by atoms with Gasteiger partial charge in [-0.3, -0.25) is 19.7 Å². The highest BCUT2D eigenvalue weighted by molar-refractivity contribution is 6.39. The van der Waals surface area contributed by atoms with Gasteiger partial charge in [0.25, 0.3) is 0 Å². The number of benzene rings is 1. The third kappa shape index (κ3) is 7.77. The monoisotopic (exact) mass is 510 g/mol. The van der Waals surface area contributed by atoms with Crippen LogP contribution in [-0.2, 0) is 19.1 Å². The number of anilines is 2. The number of hydrogen-bond acceptors (Lipinski definition) is 7. The van der Waals surface area contributed by atoms with Gasteiger partial charge in [-0.1, -0.05) is 19.1 Å². The van der Waals surface area contributed by atoms with Crippen LogP contribution in [0.15, 0.2) is 36.5 Å². The third-order valence-corrected chi connectivity index (χ3v) is 5.75. The van der Waals surface area contributed by atoms with Crippen molar-refractivity contribution in [1.82, 2.24) is 9.88 Å². The van der Waals surface area contributed by atoms with Gasteiger partial charge in [0.2, 0.25) is 0 Å². The molecule has 198 valence electrons. The van der Waals surface area contributed by atoms with Crippen molar-refractivity contribution in [3.05, 3.63) is 47.7 Å². The number of nitrogens with zero attached hydrogens (tertiary/aromatic N) is 2. The van der Waals surface area contributed by atoms with E-state index in [0.29, 0.717) is 35.8 Å². The number of hydrogen-bond donors (Lipinski definition) is 2. The second-order valence-corrected chi connectivity index (χ2v) is 10.3. The quantitative estimate of drug-likeness (QED) is 0.350. The van der Waals surface area contributed by atoms with Crippen molar-refractivity contribution in [2.24, 2.45) is 5.92 Å². The number of carbonyl (C=O) groups is 4. The number of aromatic nitrogens is 1. The fraction of sp³-hybridized carbons (Fsp3) is 0.444. The predicted octanol–water partition coefficient (Wildman–Crippen LogP) is 4.60. The van der Waals surface area contributed by atoms with E-state index >= 15 is 0 Å². The Hall–Kier alpha value is -3.95. The molecule has 2 heterocycles. The summed E-state index contributed by atoms with van der Waals surface area (Å²) in [6, 6.07) is 8.31. The number of amides is 3. The number of nitrogens with one attached hydrogen (secondary N) is 2. The average Bonchev–Trinajstić information content (AvgIpc) is 2.79. The zero-order valence-corrected chi connectivity index (χ0v) is 22.1. The van der Waals surface area contributed by atoms with Gasteiger partial charge >= 0.3 is 23.9 Å². The van der Waals surface area contributed by atoms with Crippen LogP contribution in [0, 0.1) is 12.8 Å². The standard InChI is InChI=1S/C27H34N4O6/c1-16-7-12-22(19-8-10-21(11-9-19)36-18(3)32)31(15-16)25(34)24(33)29-20-13-17(2)23(28-14-20)30-26(35)37-27(4,5)6/h8-11,13-14,16,22H,7,12,15H2,1-6H3,(H,29,33)(H,28,30,35)/t16-,22+/m1/s1. The largest absolute Gasteiger partial charge is 0.444 e. The van der Waals surface area contributed by atoms with Gasteiger partial charge in [-0.25, -0.2) is 9.78 Å². The van der Waals surface area contributed by atoms with E-state index in [-0.39, 0.29) is 12.0 Å². The minimum Gasteiger partial charge on any atom is -0.444 e. The molecule has 0 saturated carbocycles. The van der Waals surface area contributed by atoms with Crippen LogP contribution in [0.2, 0.25) is 0 Å². The van der Waals surface area contributed by atoms with E-state index in [1.807, 2.05) is 6.92 Å². The average molecular weight is 511 g/mol. The second kappa shape index (κ2) is 11.4. The minimum atomic E-state index is -0.773. The zero-order valence-electron chi connectivity index (χ0n) is 22.1. The van der Waals surface area contributed by atoms with Crippen LogP contribution in [0.1, 0.15) is 64.6 Å². The number of esters is 1. The number of likely N-dealkylation sites (tertiary alicyclic amines) is 1. The summed E-state index contributed by atoms with van der Waals surface area (Å²) < 4.78 is 10.3. The lowest BCUT2D eigenvalue weighted by Gasteiger charge is -2.38. The van der Waals surface area contributed by atoms with E-state index in [9.17, 15) is 19.2 Å². The van der Waals surface area contributed by atoms with Crippen LogP contribution in [-0.4, -0.2) is 45.9 Å². The van der Waals surface area contributed by atoms with Gasteiger partial charge in [0.05, 0.1) is 17.9 Å². The fourth-order valence-corrected chi connectivity index (χ4v) is 4.14. The molecule has 1 aromatic heterocycles. The molecule has 10 heteroatoms. The van der Waals surface area contributed by atoms with Crippen LogP contribution in [0.4, 0.5) is 16.3 Å². The van der Waals surface area contributed by atoms with Crippen molar-refractivity contribution < 1.29 is 28.7 Å². The summed E-state index contributed by atoms with van der Waals surface area (Å²) in [5.74, 6) is -0.871. The lowest BCUT2D eigenvalue weighted by atomic mass is 9.89. The molecule has 37 heavy (non-hydrogen) atoms. The van der Waals surface area contributed by atoms with Gasteiger partial charge in [-0.2, -0.15) is 0 Å². The molecule has 10 nitrogen and oxygen atoms in total. The van der Waals surface area contributed by atoms with Gasteiger partial charge in [0.1, 0.15) is 17.2 Å². The van der Waals surface area contributed by atoms with Gasteiger partial charge in [0, 0.05) is 13.5 Å². The molecule has 1 fully saturated rings. The van der Waals surface area contributed by atoms with Gasteiger partial charge < -0.3 is 19.7 Å². The first-order chi connectivity index (χ1) is 17.3. The van der Waals surface area contributed by atoms with Crippen molar-refractivity contribution in [2.45, 2.75) is 66.0 Å². The molecule has 0 unspecified atom stereocenters. The SMILES string of the molecule is CC(=O)Oc1ccc([C@@H]2CC[C@@H](C)CN2C(=O)C(=O)Nc2cnc(NC(=O)OC(C)(C)C)c(C)c2)cc1. The van der Waals surface area contributed by atoms with E-state index < -0.39 is 29.5 Å². The fourth-order valence-electron chi connectivity index (χ4n) is 4.14. The van der Waals surface area contributed by atoms with E-state index in [2.05, 4.69) is 15.6 Å². The van der Waals surface area contributed by atoms with Crippen molar-refractivity contribution in [3.8, 4) is 5.75 Å². The molecule has 1 aliphatic rings. The van der Waals surface area contributed by atoms with Crippen molar-refractivity contribution in [1.29, 1.82) is 0 Å². The van der Waals surface area contributed by atoms with Gasteiger partial charge in [0.15, 0.2) is 0 Å². The summed E-state index contributed by atoms with van der Waals surface area (Å²) >= 11 is 0. The maximum Gasteiger partial charge on any atom is 0.413 e. The van der Waals surface area contributed by atoms with Crippen molar-refractivity contribution in [2.75, 3.05) is 17.2 Å². The number of carbonyl (C=O) groups excluding carboxylic acids is 4. The Bertz CT molecular complexity index is 1170. The molecule has 0 bridgehead atoms. The van der Waals surface area contributed by atoms with E-state index in [1.165, 1.54) is 13.1 Å². The number of ether oxygens (including phenoxy) is 2. The van der Waals surface area contributed by atoms with Crippen LogP contribution in [0.3, 0.4) is 0 Å². The summed E-state index contributed by atoms with van der Waals surface area (Å²) in [6.45, 7) is 10.8. The highest BCUT2D eigenvalue weighted by Crippen LogP contribution is 2.34. The number of piperidine rings is 1. The Morgan fingerprint density at radius 3 is 2.32 bits per heavy atom. The van der Waals surface area contributed by atoms with E-state index in [1.54, 1.807) is 62.9 Å². The zero-order chi connectivity index (χ0) is 27.3. The smallest absolute Gasteiger partial charge is 0.413 e. The van der Waals surface area contributed by atoms with Crippen molar-refractivity contribution in [3.63, 3.8) is 0 Å². The molecule has 1 aromatic carbocycles. The Kier molecular flexibility index (Phi) is 8.52. The predicted molar refractivity (Wildman–Crippen MR) is 138 cm³/mol. The summed E-state index contributed by atoms with van der Waals surface area (Å²) in [4.78, 5) is 55.1. The van der Waals surface area contributed by atoms with Crippen LogP contribution < -0.4 is 15.4 Å². The topological polar surface area (TPSA) is 127 Å². The highest BCUT2D eigenvalue weighted by Gasteiger charge is 2.34. The third-order valence-electron chi connectivity index (χ3n) is 5.75. The molecule has 3 amide bonds. The molecule has 1 saturated heterocycles. The van der Waals surface area contributed by atoms with Crippen LogP contribution >= 0.6 is 0 Å². The molecule has 3 rings (SSSR count). The first-order valence-electron chi connectivity index (χ1n) is 12.2. The van der Waals surface area contributed by atoms with Crippen molar-refractivity contribution >= 4 is 35.4 Å². The lowest BCUT2D eigenvalue weighted by Crippen LogP contribution is -2.46. The normalized spacial score (nSPS) is 17.5. The molecular weight excluding hydrogens is 476 g/mol. The number of aryl methyl sites for hydroxylation is 1. The molecule has 0 radical (unpaired) electrons. The molecular formula is C27H34N4O6. The summed E-state index contributed by atoms with van der Waals surface area (Å²) in [5.41, 5.74) is 1.13. The Balaban J connectivity index is 1.70. The molecule has 0 aliphatic carbocycles. The summed E-state index contributed by atoms with van der Waals surface area (Å²) in [5, 5.41) is 5.20. The number of rotatable bonds is 4. The first kappa shape index (κ1) is 27.6. The Morgan fingerprint density at radius 1 is 1.05 bits per heavy atom. The Morgan fingerprint density at radius 2 is 1.73 bits per heavy atom. The minimum absolute atomic E-state index is 0.246. The van der Waals surface area contributed by atoms with Crippen LogP contribution in [0.25, 0.3) is 0 Å². The highest BCUT2D eigenvalue weighted by atomic mass is 16.6. The lowest BCUT2D eigenvalue weighted by molar-refractivity contribution is -0.146. The second-order valence-electron chi connectivity index (χ2n) is 10.3. The van der Waals surface area contributed by atoms with E-state index in [0.717, 1.165) is 12.0 Å².